The zero-order valence-corrected chi connectivity index (χ0v) is 15.7. The van der Waals surface area contributed by atoms with Gasteiger partial charge in [-0.25, -0.2) is 4.98 Å². The van der Waals surface area contributed by atoms with Gasteiger partial charge in [0.05, 0.1) is 17.4 Å². The second-order valence-electron chi connectivity index (χ2n) is 6.97. The Morgan fingerprint density at radius 2 is 1.96 bits per heavy atom. The van der Waals surface area contributed by atoms with Crippen molar-refractivity contribution in [2.45, 2.75) is 51.9 Å². The molecule has 0 spiro atoms. The molecule has 0 bridgehead atoms. The Hall–Kier alpha value is -1.86. The Balaban J connectivity index is 1.72. The summed E-state index contributed by atoms with van der Waals surface area (Å²) in [6.07, 6.45) is -0.882. The maximum atomic E-state index is 12.7. The quantitative estimate of drug-likeness (QED) is 0.671. The van der Waals surface area contributed by atoms with E-state index in [2.05, 4.69) is 16.8 Å². The van der Waals surface area contributed by atoms with Crippen LogP contribution < -0.4 is 0 Å². The van der Waals surface area contributed by atoms with Gasteiger partial charge in [-0.05, 0) is 57.0 Å². The highest BCUT2D eigenvalue weighted by Crippen LogP contribution is 2.31. The smallest absolute Gasteiger partial charge is 0.416 e. The highest BCUT2D eigenvalue weighted by Gasteiger charge is 2.30. The standard InChI is InChI=1S/C20H25F3N2O2/c1-3-10-25(12-17-5-4-11-26-17)13-18-14(2)27-19(24-18)15-6-8-16(9-7-15)20(21,22)23/h6-9,17H,3-5,10-13H2,1-2H3/t17-/m0/s1. The van der Waals surface area contributed by atoms with E-state index in [1.807, 2.05) is 6.92 Å². The van der Waals surface area contributed by atoms with E-state index in [1.165, 1.54) is 12.1 Å². The van der Waals surface area contributed by atoms with Gasteiger partial charge < -0.3 is 9.15 Å². The van der Waals surface area contributed by atoms with E-state index in [0.717, 1.165) is 56.8 Å². The Kier molecular flexibility index (Phi) is 6.22. The molecule has 148 valence electrons. The third-order valence-corrected chi connectivity index (χ3v) is 4.75. The van der Waals surface area contributed by atoms with Crippen molar-refractivity contribution < 1.29 is 22.3 Å². The van der Waals surface area contributed by atoms with Crippen LogP contribution in [0.15, 0.2) is 28.7 Å². The highest BCUT2D eigenvalue weighted by molar-refractivity contribution is 5.54. The molecule has 27 heavy (non-hydrogen) atoms. The number of rotatable bonds is 7. The fourth-order valence-corrected chi connectivity index (χ4v) is 3.34. The molecule has 0 radical (unpaired) electrons. The third kappa shape index (κ3) is 5.11. The first-order valence-corrected chi connectivity index (χ1v) is 9.34. The number of hydrogen-bond donors (Lipinski definition) is 0. The Bertz CT molecular complexity index is 735. The molecule has 1 aromatic carbocycles. The van der Waals surface area contributed by atoms with Crippen LogP contribution in [-0.4, -0.2) is 35.7 Å². The SMILES string of the molecule is CCCN(Cc1nc(-c2ccc(C(F)(F)F)cc2)oc1C)C[C@@H]1CCCO1. The van der Waals surface area contributed by atoms with E-state index in [9.17, 15) is 13.2 Å². The van der Waals surface area contributed by atoms with E-state index in [0.29, 0.717) is 23.8 Å². The molecule has 1 aromatic heterocycles. The zero-order valence-electron chi connectivity index (χ0n) is 15.7. The minimum absolute atomic E-state index is 0.262. The molecule has 2 heterocycles. The molecule has 0 saturated carbocycles. The lowest BCUT2D eigenvalue weighted by Crippen LogP contribution is -2.32. The summed E-state index contributed by atoms with van der Waals surface area (Å²) in [5.41, 5.74) is 0.676. The second kappa shape index (κ2) is 8.44. The lowest BCUT2D eigenvalue weighted by Gasteiger charge is -2.23. The van der Waals surface area contributed by atoms with Crippen LogP contribution in [0.25, 0.3) is 11.5 Å². The molecule has 1 aliphatic heterocycles. The van der Waals surface area contributed by atoms with Gasteiger partial charge >= 0.3 is 6.18 Å². The van der Waals surface area contributed by atoms with Gasteiger partial charge in [0.15, 0.2) is 0 Å². The van der Waals surface area contributed by atoms with Gasteiger partial charge in [0.25, 0.3) is 0 Å². The monoisotopic (exact) mass is 382 g/mol. The molecular weight excluding hydrogens is 357 g/mol. The second-order valence-corrected chi connectivity index (χ2v) is 6.97. The predicted molar refractivity (Wildman–Crippen MR) is 96.2 cm³/mol. The molecule has 0 unspecified atom stereocenters. The van der Waals surface area contributed by atoms with Gasteiger partial charge in [0.1, 0.15) is 5.76 Å². The summed E-state index contributed by atoms with van der Waals surface area (Å²) in [5, 5.41) is 0. The van der Waals surface area contributed by atoms with Crippen molar-refractivity contribution in [2.24, 2.45) is 0 Å². The first-order chi connectivity index (χ1) is 12.9. The van der Waals surface area contributed by atoms with Gasteiger partial charge in [-0.15, -0.1) is 0 Å². The zero-order chi connectivity index (χ0) is 19.4. The number of hydrogen-bond acceptors (Lipinski definition) is 4. The predicted octanol–water partition coefficient (Wildman–Crippen LogP) is 5.06. The lowest BCUT2D eigenvalue weighted by molar-refractivity contribution is -0.137. The maximum absolute atomic E-state index is 12.7. The van der Waals surface area contributed by atoms with Gasteiger partial charge in [-0.1, -0.05) is 6.92 Å². The van der Waals surface area contributed by atoms with E-state index in [4.69, 9.17) is 9.15 Å². The van der Waals surface area contributed by atoms with Crippen LogP contribution in [-0.2, 0) is 17.5 Å². The number of aromatic nitrogens is 1. The number of oxazole rings is 1. The number of halogens is 3. The molecule has 0 amide bonds. The summed E-state index contributed by atoms with van der Waals surface area (Å²) < 4.78 is 49.6. The van der Waals surface area contributed by atoms with Gasteiger partial charge in [-0.3, -0.25) is 4.90 Å². The number of aryl methyl sites for hydroxylation is 1. The van der Waals surface area contributed by atoms with Gasteiger partial charge in [0.2, 0.25) is 5.89 Å². The van der Waals surface area contributed by atoms with E-state index in [-0.39, 0.29) is 6.10 Å². The molecule has 7 heteroatoms. The average molecular weight is 382 g/mol. The molecule has 2 aromatic rings. The van der Waals surface area contributed by atoms with Gasteiger partial charge in [-0.2, -0.15) is 13.2 Å². The van der Waals surface area contributed by atoms with Crippen LogP contribution >= 0.6 is 0 Å². The van der Waals surface area contributed by atoms with Crippen LogP contribution in [0.5, 0.6) is 0 Å². The highest BCUT2D eigenvalue weighted by atomic mass is 19.4. The van der Waals surface area contributed by atoms with E-state index in [1.54, 1.807) is 0 Å². The van der Waals surface area contributed by atoms with E-state index >= 15 is 0 Å². The summed E-state index contributed by atoms with van der Waals surface area (Å²) in [6.45, 7) is 7.23. The number of ether oxygens (including phenoxy) is 1. The van der Waals surface area contributed by atoms with Crippen molar-refractivity contribution >= 4 is 0 Å². The minimum atomic E-state index is -4.35. The van der Waals surface area contributed by atoms with Crippen molar-refractivity contribution in [3.63, 3.8) is 0 Å². The third-order valence-electron chi connectivity index (χ3n) is 4.75. The summed E-state index contributed by atoms with van der Waals surface area (Å²) in [4.78, 5) is 6.84. The molecular formula is C20H25F3N2O2. The Labute approximate surface area is 157 Å². The fraction of sp³-hybridized carbons (Fsp3) is 0.550. The molecule has 1 saturated heterocycles. The first kappa shape index (κ1) is 19.9. The molecule has 4 nitrogen and oxygen atoms in total. The summed E-state index contributed by atoms with van der Waals surface area (Å²) >= 11 is 0. The molecule has 3 rings (SSSR count). The lowest BCUT2D eigenvalue weighted by atomic mass is 10.1. The van der Waals surface area contributed by atoms with Crippen LogP contribution in [0.4, 0.5) is 13.2 Å². The molecule has 1 atom stereocenters. The summed E-state index contributed by atoms with van der Waals surface area (Å²) in [5.74, 6) is 1.04. The van der Waals surface area contributed by atoms with E-state index < -0.39 is 11.7 Å². The average Bonchev–Trinajstić information content (AvgIpc) is 3.25. The molecule has 0 N–H and O–H groups in total. The van der Waals surface area contributed by atoms with Crippen LogP contribution in [0.1, 0.15) is 43.2 Å². The van der Waals surface area contributed by atoms with Crippen LogP contribution in [0.2, 0.25) is 0 Å². The van der Waals surface area contributed by atoms with Crippen molar-refractivity contribution in [3.8, 4) is 11.5 Å². The fourth-order valence-electron chi connectivity index (χ4n) is 3.34. The van der Waals surface area contributed by atoms with Crippen LogP contribution in [0, 0.1) is 6.92 Å². The minimum Gasteiger partial charge on any atom is -0.441 e. The van der Waals surface area contributed by atoms with Gasteiger partial charge in [0, 0.05) is 25.3 Å². The normalized spacial score (nSPS) is 17.8. The number of nitrogens with zero attached hydrogens (tertiary/aromatic N) is 2. The number of alkyl halides is 3. The number of benzene rings is 1. The van der Waals surface area contributed by atoms with Crippen LogP contribution in [0.3, 0.4) is 0 Å². The van der Waals surface area contributed by atoms with Crippen molar-refractivity contribution in [3.05, 3.63) is 41.3 Å². The largest absolute Gasteiger partial charge is 0.441 e. The molecule has 0 aliphatic carbocycles. The topological polar surface area (TPSA) is 38.5 Å². The van der Waals surface area contributed by atoms with Crippen molar-refractivity contribution in [2.75, 3.05) is 19.7 Å². The van der Waals surface area contributed by atoms with Crippen molar-refractivity contribution in [1.29, 1.82) is 0 Å². The summed E-state index contributed by atoms with van der Waals surface area (Å²) in [7, 11) is 0. The Morgan fingerprint density at radius 3 is 2.56 bits per heavy atom. The maximum Gasteiger partial charge on any atom is 0.416 e. The summed E-state index contributed by atoms with van der Waals surface area (Å²) in [6, 6.07) is 4.90. The Morgan fingerprint density at radius 1 is 1.22 bits per heavy atom. The molecule has 1 aliphatic rings. The first-order valence-electron chi connectivity index (χ1n) is 9.34. The molecule has 1 fully saturated rings. The van der Waals surface area contributed by atoms with Crippen molar-refractivity contribution in [1.82, 2.24) is 9.88 Å².